The number of aromatic nitrogens is 4. The number of nitrogen functional groups attached to an aromatic ring is 1. The summed E-state index contributed by atoms with van der Waals surface area (Å²) in [7, 11) is 0. The van der Waals surface area contributed by atoms with Crippen molar-refractivity contribution in [3.05, 3.63) is 64.8 Å². The number of hydrogen-bond acceptors (Lipinski definition) is 4. The molecule has 0 fully saturated rings. The van der Waals surface area contributed by atoms with E-state index in [0.29, 0.717) is 12.3 Å². The Balaban J connectivity index is 1.89. The molecule has 0 bridgehead atoms. The first kappa shape index (κ1) is 12.2. The molecule has 2 N–H and O–H groups in total. The largest absolute Gasteiger partial charge is 0.368 e. The number of allylic oxidation sites excluding steroid dienone is 1. The van der Waals surface area contributed by atoms with Gasteiger partial charge < -0.3 is 10.3 Å². The highest BCUT2D eigenvalue weighted by atomic mass is 16.1. The predicted molar refractivity (Wildman–Crippen MR) is 77.1 cm³/mol. The topological polar surface area (TPSA) is 78.2 Å². The van der Waals surface area contributed by atoms with Crippen molar-refractivity contribution < 1.29 is 0 Å². The van der Waals surface area contributed by atoms with Gasteiger partial charge in [0.15, 0.2) is 0 Å². The van der Waals surface area contributed by atoms with Crippen molar-refractivity contribution >= 4 is 17.8 Å². The van der Waals surface area contributed by atoms with Gasteiger partial charge in [0.25, 0.3) is 0 Å². The molecule has 0 atom stereocenters. The lowest BCUT2D eigenvalue weighted by molar-refractivity contribution is 0.824. The fourth-order valence-electron chi connectivity index (χ4n) is 1.97. The van der Waals surface area contributed by atoms with Crippen LogP contribution in [0.25, 0.3) is 11.9 Å². The van der Waals surface area contributed by atoms with Crippen molar-refractivity contribution in [1.82, 2.24) is 18.9 Å². The maximum atomic E-state index is 11.6. The van der Waals surface area contributed by atoms with Crippen LogP contribution in [0.4, 0.5) is 5.95 Å². The van der Waals surface area contributed by atoms with Gasteiger partial charge in [0.2, 0.25) is 11.7 Å². The fraction of sp³-hybridized carbons (Fsp3) is 0.0714. The molecule has 0 unspecified atom stereocenters. The molecular formula is C14H13N5O. The van der Waals surface area contributed by atoms with E-state index in [1.165, 1.54) is 4.40 Å². The van der Waals surface area contributed by atoms with Crippen molar-refractivity contribution in [2.24, 2.45) is 0 Å². The molecule has 0 saturated carbocycles. The molecule has 6 heteroatoms. The second-order valence-corrected chi connectivity index (χ2v) is 4.30. The minimum Gasteiger partial charge on any atom is -0.368 e. The van der Waals surface area contributed by atoms with Gasteiger partial charge in [-0.05, 0) is 5.56 Å². The lowest BCUT2D eigenvalue weighted by Gasteiger charge is -2.00. The highest BCUT2D eigenvalue weighted by Gasteiger charge is 2.05. The Bertz CT molecular complexity index is 816. The van der Waals surface area contributed by atoms with Gasteiger partial charge in [-0.1, -0.05) is 42.5 Å². The fourth-order valence-corrected chi connectivity index (χ4v) is 1.97. The number of hydrogen-bond donors (Lipinski definition) is 1. The van der Waals surface area contributed by atoms with E-state index in [9.17, 15) is 4.79 Å². The quantitative estimate of drug-likeness (QED) is 0.773. The third-order valence-corrected chi connectivity index (χ3v) is 2.91. The van der Waals surface area contributed by atoms with E-state index < -0.39 is 5.69 Å². The molecule has 2 aromatic heterocycles. The second-order valence-electron chi connectivity index (χ2n) is 4.30. The van der Waals surface area contributed by atoms with Crippen LogP contribution in [0, 0.1) is 0 Å². The van der Waals surface area contributed by atoms with E-state index >= 15 is 0 Å². The molecule has 2 heterocycles. The summed E-state index contributed by atoms with van der Waals surface area (Å²) in [5.41, 5.74) is 6.21. The van der Waals surface area contributed by atoms with Crippen LogP contribution < -0.4 is 11.4 Å². The van der Waals surface area contributed by atoms with Crippen LogP contribution in [0.15, 0.2) is 53.6 Å². The van der Waals surface area contributed by atoms with E-state index in [2.05, 4.69) is 9.97 Å². The minimum absolute atomic E-state index is 0.0120. The van der Waals surface area contributed by atoms with Crippen molar-refractivity contribution in [2.45, 2.75) is 6.54 Å². The molecule has 0 aliphatic carbocycles. The monoisotopic (exact) mass is 267 g/mol. The number of rotatable bonds is 3. The van der Waals surface area contributed by atoms with Gasteiger partial charge in [-0.2, -0.15) is 9.97 Å². The summed E-state index contributed by atoms with van der Waals surface area (Å²) >= 11 is 0. The number of nitrogens with two attached hydrogens (primary N) is 1. The van der Waals surface area contributed by atoms with Gasteiger partial charge in [0, 0.05) is 18.9 Å². The van der Waals surface area contributed by atoms with Crippen LogP contribution in [0.1, 0.15) is 5.56 Å². The molecule has 20 heavy (non-hydrogen) atoms. The van der Waals surface area contributed by atoms with Crippen molar-refractivity contribution in [3.8, 4) is 0 Å². The molecule has 3 aromatic rings. The molecule has 1 aromatic carbocycles. The van der Waals surface area contributed by atoms with Gasteiger partial charge in [-0.25, -0.2) is 9.20 Å². The molecule has 3 rings (SSSR count). The lowest BCUT2D eigenvalue weighted by atomic mass is 10.2. The minimum atomic E-state index is -0.418. The Morgan fingerprint density at radius 3 is 2.75 bits per heavy atom. The standard InChI is InChI=1S/C14H13N5O/c15-12-16-13-18(9-10-19(13)14(20)17-12)8-4-7-11-5-2-1-3-6-11/h1-7,9-10H,8H2,(H2,15,17,20). The Hall–Kier alpha value is -2.89. The maximum absolute atomic E-state index is 11.6. The van der Waals surface area contributed by atoms with Crippen LogP contribution in [0.3, 0.4) is 0 Å². The molecule has 100 valence electrons. The molecular weight excluding hydrogens is 254 g/mol. The number of anilines is 1. The first-order valence-corrected chi connectivity index (χ1v) is 6.16. The summed E-state index contributed by atoms with van der Waals surface area (Å²) in [5.74, 6) is 0.474. The third-order valence-electron chi connectivity index (χ3n) is 2.91. The smallest absolute Gasteiger partial charge is 0.357 e. The van der Waals surface area contributed by atoms with Gasteiger partial charge in [0.1, 0.15) is 0 Å². The van der Waals surface area contributed by atoms with E-state index in [1.54, 1.807) is 12.4 Å². The molecule has 0 saturated heterocycles. The van der Waals surface area contributed by atoms with E-state index in [1.807, 2.05) is 47.1 Å². The number of nitrogens with zero attached hydrogens (tertiary/aromatic N) is 4. The maximum Gasteiger partial charge on any atom is 0.357 e. The normalized spacial score (nSPS) is 11.4. The van der Waals surface area contributed by atoms with Crippen LogP contribution in [-0.4, -0.2) is 18.9 Å². The zero-order valence-electron chi connectivity index (χ0n) is 10.7. The molecule has 0 aliphatic heterocycles. The summed E-state index contributed by atoms with van der Waals surface area (Å²) in [4.78, 5) is 19.3. The van der Waals surface area contributed by atoms with Crippen LogP contribution in [0.5, 0.6) is 0 Å². The number of imidazole rings is 1. The Labute approximate surface area is 114 Å². The van der Waals surface area contributed by atoms with Crippen LogP contribution in [-0.2, 0) is 6.54 Å². The van der Waals surface area contributed by atoms with E-state index in [0.717, 1.165) is 5.56 Å². The molecule has 0 radical (unpaired) electrons. The van der Waals surface area contributed by atoms with Gasteiger partial charge >= 0.3 is 5.69 Å². The predicted octanol–water partition coefficient (Wildman–Crippen LogP) is 1.19. The van der Waals surface area contributed by atoms with Gasteiger partial charge in [-0.15, -0.1) is 0 Å². The average Bonchev–Trinajstić information content (AvgIpc) is 2.83. The second kappa shape index (κ2) is 5.00. The van der Waals surface area contributed by atoms with Crippen LogP contribution in [0.2, 0.25) is 0 Å². The Morgan fingerprint density at radius 1 is 1.15 bits per heavy atom. The van der Waals surface area contributed by atoms with Crippen molar-refractivity contribution in [3.63, 3.8) is 0 Å². The summed E-state index contributed by atoms with van der Waals surface area (Å²) < 4.78 is 3.20. The molecule has 0 aliphatic rings. The number of fused-ring (bicyclic) bond motifs is 1. The van der Waals surface area contributed by atoms with E-state index in [-0.39, 0.29) is 5.95 Å². The van der Waals surface area contributed by atoms with Crippen molar-refractivity contribution in [1.29, 1.82) is 0 Å². The van der Waals surface area contributed by atoms with Crippen molar-refractivity contribution in [2.75, 3.05) is 5.73 Å². The van der Waals surface area contributed by atoms with E-state index in [4.69, 9.17) is 5.73 Å². The highest BCUT2D eigenvalue weighted by molar-refractivity contribution is 5.48. The molecule has 0 amide bonds. The van der Waals surface area contributed by atoms with Crippen LogP contribution >= 0.6 is 0 Å². The summed E-state index contributed by atoms with van der Waals surface area (Å²) in [6.45, 7) is 0.598. The highest BCUT2D eigenvalue weighted by Crippen LogP contribution is 2.04. The molecule has 6 nitrogen and oxygen atoms in total. The molecule has 0 spiro atoms. The summed E-state index contributed by atoms with van der Waals surface area (Å²) in [6.07, 6.45) is 7.42. The third kappa shape index (κ3) is 2.31. The van der Waals surface area contributed by atoms with Gasteiger partial charge in [-0.3, -0.25) is 0 Å². The zero-order chi connectivity index (χ0) is 13.9. The SMILES string of the molecule is Nc1nc(=O)n2ccn(CC=Cc3ccccc3)c2n1. The Morgan fingerprint density at radius 2 is 1.95 bits per heavy atom. The lowest BCUT2D eigenvalue weighted by Crippen LogP contribution is -2.19. The first-order chi connectivity index (χ1) is 9.74. The van der Waals surface area contributed by atoms with Gasteiger partial charge in [0.05, 0.1) is 0 Å². The first-order valence-electron chi connectivity index (χ1n) is 6.16. The summed E-state index contributed by atoms with van der Waals surface area (Å²) in [5, 5.41) is 0. The average molecular weight is 267 g/mol. The zero-order valence-corrected chi connectivity index (χ0v) is 10.7. The summed E-state index contributed by atoms with van der Waals surface area (Å²) in [6, 6.07) is 9.99. The Kier molecular flexibility index (Phi) is 3.04. The number of benzene rings is 1.